The van der Waals surface area contributed by atoms with Gasteiger partial charge < -0.3 is 25.8 Å². The van der Waals surface area contributed by atoms with Crippen LogP contribution in [-0.2, 0) is 4.74 Å². The number of aliphatic hydroxyl groups excluding tert-OH is 3. The largest absolute Gasteiger partial charge is 0.422 e. The van der Waals surface area contributed by atoms with E-state index < -0.39 is 54.1 Å². The molecule has 0 bridgehead atoms. The Kier molecular flexibility index (Phi) is 3.89. The van der Waals surface area contributed by atoms with Gasteiger partial charge >= 0.3 is 11.9 Å². The average molecular weight is 329 g/mol. The highest BCUT2D eigenvalue weighted by Crippen LogP contribution is 2.46. The van der Waals surface area contributed by atoms with Crippen molar-refractivity contribution in [3.8, 4) is 0 Å². The third kappa shape index (κ3) is 2.24. The topological polar surface area (TPSA) is 131 Å². The van der Waals surface area contributed by atoms with Gasteiger partial charge in [0.1, 0.15) is 12.2 Å². The lowest BCUT2D eigenvalue weighted by atomic mass is 9.95. The second-order valence-electron chi connectivity index (χ2n) is 4.65. The van der Waals surface area contributed by atoms with E-state index in [9.17, 15) is 32.6 Å². The SMILES string of the molecule is Nc1nc(=O)n(C2O[C@@](CO)(C(F)(F)F)[C@@H](O)[C@@H]2O)cc1F. The maximum Gasteiger partial charge on any atom is 0.422 e. The molecule has 22 heavy (non-hydrogen) atoms. The monoisotopic (exact) mass is 329 g/mol. The van der Waals surface area contributed by atoms with Gasteiger partial charge in [-0.25, -0.2) is 9.18 Å². The molecule has 5 N–H and O–H groups in total. The molecule has 124 valence electrons. The summed E-state index contributed by atoms with van der Waals surface area (Å²) in [4.78, 5) is 14.6. The first-order valence-corrected chi connectivity index (χ1v) is 5.81. The van der Waals surface area contributed by atoms with Crippen molar-refractivity contribution in [3.05, 3.63) is 22.5 Å². The molecule has 2 heterocycles. The number of halogens is 4. The van der Waals surface area contributed by atoms with Gasteiger partial charge in [0.2, 0.25) is 5.60 Å². The summed E-state index contributed by atoms with van der Waals surface area (Å²) in [5, 5.41) is 28.2. The molecule has 1 unspecified atom stereocenters. The van der Waals surface area contributed by atoms with Crippen LogP contribution in [0.3, 0.4) is 0 Å². The molecular formula is C10H11F4N3O5. The van der Waals surface area contributed by atoms with Crippen molar-refractivity contribution < 1.29 is 37.6 Å². The fourth-order valence-corrected chi connectivity index (χ4v) is 2.10. The van der Waals surface area contributed by atoms with Gasteiger partial charge in [-0.1, -0.05) is 0 Å². The number of nitrogens with two attached hydrogens (primary N) is 1. The van der Waals surface area contributed by atoms with E-state index in [1.54, 1.807) is 0 Å². The molecule has 0 spiro atoms. The number of ether oxygens (including phenoxy) is 1. The molecule has 0 saturated carbocycles. The summed E-state index contributed by atoms with van der Waals surface area (Å²) in [7, 11) is 0. The summed E-state index contributed by atoms with van der Waals surface area (Å²) < 4.78 is 57.1. The minimum atomic E-state index is -5.26. The zero-order chi connectivity index (χ0) is 16.9. The molecule has 0 radical (unpaired) electrons. The van der Waals surface area contributed by atoms with Crippen LogP contribution in [0.25, 0.3) is 0 Å². The van der Waals surface area contributed by atoms with Crippen LogP contribution in [0.2, 0.25) is 0 Å². The lowest BCUT2D eigenvalue weighted by molar-refractivity contribution is -0.306. The molecule has 1 saturated heterocycles. The highest BCUT2D eigenvalue weighted by atomic mass is 19.4. The first-order valence-electron chi connectivity index (χ1n) is 5.81. The Morgan fingerprint density at radius 1 is 1.45 bits per heavy atom. The van der Waals surface area contributed by atoms with Crippen molar-refractivity contribution in [1.82, 2.24) is 9.55 Å². The zero-order valence-electron chi connectivity index (χ0n) is 10.7. The van der Waals surface area contributed by atoms with E-state index in [0.717, 1.165) is 0 Å². The number of anilines is 1. The quantitative estimate of drug-likeness (QED) is 0.486. The van der Waals surface area contributed by atoms with Crippen LogP contribution in [0, 0.1) is 5.82 Å². The molecular weight excluding hydrogens is 318 g/mol. The third-order valence-corrected chi connectivity index (χ3v) is 3.35. The summed E-state index contributed by atoms with van der Waals surface area (Å²) in [5.74, 6) is -2.03. The minimum absolute atomic E-state index is 0.211. The van der Waals surface area contributed by atoms with Gasteiger partial charge in [0.15, 0.2) is 17.9 Å². The first kappa shape index (κ1) is 16.6. The first-order chi connectivity index (χ1) is 10.0. The van der Waals surface area contributed by atoms with Crippen LogP contribution in [0.1, 0.15) is 6.23 Å². The lowest BCUT2D eigenvalue weighted by Crippen LogP contribution is -2.57. The standard InChI is InChI=1S/C10H11F4N3O5/c11-3-1-17(8(21)16-6(3)15)7-4(19)5(20)9(2-18,22-7)10(12,13)14/h1,4-5,7,18-20H,2H2,(H2,15,16,21)/t4-,5-,7?,9+/m0/s1. The van der Waals surface area contributed by atoms with E-state index in [1.165, 1.54) is 0 Å². The van der Waals surface area contributed by atoms with Crippen molar-refractivity contribution in [1.29, 1.82) is 0 Å². The molecule has 1 aromatic heterocycles. The fraction of sp³-hybridized carbons (Fsp3) is 0.600. The van der Waals surface area contributed by atoms with Gasteiger partial charge in [-0.2, -0.15) is 18.2 Å². The smallest absolute Gasteiger partial charge is 0.393 e. The van der Waals surface area contributed by atoms with E-state index >= 15 is 0 Å². The summed E-state index contributed by atoms with van der Waals surface area (Å²) >= 11 is 0. The van der Waals surface area contributed by atoms with Crippen LogP contribution < -0.4 is 11.4 Å². The molecule has 0 amide bonds. The van der Waals surface area contributed by atoms with Crippen LogP contribution in [0.4, 0.5) is 23.4 Å². The van der Waals surface area contributed by atoms with E-state index in [-0.39, 0.29) is 4.57 Å². The lowest BCUT2D eigenvalue weighted by Gasteiger charge is -2.31. The molecule has 4 atom stereocenters. The van der Waals surface area contributed by atoms with E-state index in [1.807, 2.05) is 0 Å². The Morgan fingerprint density at radius 2 is 2.05 bits per heavy atom. The van der Waals surface area contributed by atoms with Crippen LogP contribution in [-0.4, -0.2) is 55.5 Å². The Balaban J connectivity index is 2.52. The van der Waals surface area contributed by atoms with Crippen molar-refractivity contribution in [3.63, 3.8) is 0 Å². The number of hydrogen-bond donors (Lipinski definition) is 4. The predicted octanol–water partition coefficient (Wildman–Crippen LogP) is -1.49. The summed E-state index contributed by atoms with van der Waals surface area (Å²) in [6.07, 6.45) is -11.9. The molecule has 1 fully saturated rings. The number of nitrogens with zero attached hydrogens (tertiary/aromatic N) is 2. The predicted molar refractivity (Wildman–Crippen MR) is 60.9 cm³/mol. The van der Waals surface area contributed by atoms with Crippen LogP contribution in [0.15, 0.2) is 11.0 Å². The Bertz CT molecular complexity index is 636. The highest BCUT2D eigenvalue weighted by molar-refractivity contribution is 5.26. The number of alkyl halides is 3. The number of aliphatic hydroxyl groups is 3. The van der Waals surface area contributed by atoms with Gasteiger partial charge in [0.05, 0.1) is 12.8 Å². The Labute approximate surface area is 119 Å². The number of rotatable bonds is 2. The van der Waals surface area contributed by atoms with E-state index in [4.69, 9.17) is 10.8 Å². The van der Waals surface area contributed by atoms with Gasteiger partial charge in [-0.3, -0.25) is 4.57 Å². The normalized spacial score (nSPS) is 32.4. The van der Waals surface area contributed by atoms with Gasteiger partial charge in [-0.05, 0) is 0 Å². The van der Waals surface area contributed by atoms with Crippen molar-refractivity contribution in [2.24, 2.45) is 0 Å². The van der Waals surface area contributed by atoms with Gasteiger partial charge in [-0.15, -0.1) is 0 Å². The van der Waals surface area contributed by atoms with E-state index in [0.29, 0.717) is 6.20 Å². The van der Waals surface area contributed by atoms with Crippen LogP contribution >= 0.6 is 0 Å². The molecule has 12 heteroatoms. The molecule has 1 aliphatic heterocycles. The number of hydrogen-bond acceptors (Lipinski definition) is 7. The molecule has 0 aromatic carbocycles. The highest BCUT2D eigenvalue weighted by Gasteiger charge is 2.69. The summed E-state index contributed by atoms with van der Waals surface area (Å²) in [5.41, 5.74) is 0.207. The molecule has 1 aliphatic rings. The molecule has 8 nitrogen and oxygen atoms in total. The average Bonchev–Trinajstić information content (AvgIpc) is 2.67. The maximum absolute atomic E-state index is 13.3. The second-order valence-corrected chi connectivity index (χ2v) is 4.65. The maximum atomic E-state index is 13.3. The van der Waals surface area contributed by atoms with Crippen molar-refractivity contribution in [2.75, 3.05) is 12.3 Å². The molecule has 2 rings (SSSR count). The summed E-state index contributed by atoms with van der Waals surface area (Å²) in [6, 6.07) is 0. The zero-order valence-corrected chi connectivity index (χ0v) is 10.7. The fourth-order valence-electron chi connectivity index (χ4n) is 2.10. The summed E-state index contributed by atoms with van der Waals surface area (Å²) in [6.45, 7) is -1.72. The third-order valence-electron chi connectivity index (χ3n) is 3.35. The van der Waals surface area contributed by atoms with Crippen molar-refractivity contribution >= 4 is 5.82 Å². The Morgan fingerprint density at radius 3 is 2.50 bits per heavy atom. The molecule has 1 aromatic rings. The number of aromatic nitrogens is 2. The molecule has 0 aliphatic carbocycles. The van der Waals surface area contributed by atoms with Gasteiger partial charge in [0.25, 0.3) is 0 Å². The van der Waals surface area contributed by atoms with Crippen LogP contribution in [0.5, 0.6) is 0 Å². The van der Waals surface area contributed by atoms with Crippen molar-refractivity contribution in [2.45, 2.75) is 30.2 Å². The minimum Gasteiger partial charge on any atom is -0.393 e. The Hall–Kier alpha value is -1.76. The van der Waals surface area contributed by atoms with E-state index in [2.05, 4.69) is 9.72 Å². The van der Waals surface area contributed by atoms with Gasteiger partial charge in [0, 0.05) is 0 Å². The number of nitrogen functional groups attached to an aromatic ring is 1. The second kappa shape index (κ2) is 5.15.